The Labute approximate surface area is 158 Å². The molecule has 1 aliphatic rings. The van der Waals surface area contributed by atoms with Gasteiger partial charge in [0.2, 0.25) is 5.91 Å². The van der Waals surface area contributed by atoms with Gasteiger partial charge in [-0.3, -0.25) is 9.79 Å². The number of guanidine groups is 1. The van der Waals surface area contributed by atoms with Gasteiger partial charge in [0.25, 0.3) is 0 Å². The van der Waals surface area contributed by atoms with Crippen molar-refractivity contribution < 1.29 is 4.79 Å². The molecule has 0 saturated carbocycles. The van der Waals surface area contributed by atoms with E-state index in [1.807, 2.05) is 30.3 Å². The molecule has 1 aliphatic heterocycles. The number of aromatic nitrogens is 1. The van der Waals surface area contributed by atoms with Crippen LogP contribution in [0.5, 0.6) is 0 Å². The maximum Gasteiger partial charge on any atom is 0.225 e. The summed E-state index contributed by atoms with van der Waals surface area (Å²) in [6.07, 6.45) is 3.83. The lowest BCUT2D eigenvalue weighted by Crippen LogP contribution is -2.45. The second-order valence-electron chi connectivity index (χ2n) is 6.33. The first-order valence-electron chi connectivity index (χ1n) is 8.96. The van der Waals surface area contributed by atoms with Crippen molar-refractivity contribution in [3.05, 3.63) is 11.6 Å². The molecule has 1 saturated heterocycles. The van der Waals surface area contributed by atoms with E-state index < -0.39 is 0 Å². The normalized spacial score (nSPS) is 18.0. The van der Waals surface area contributed by atoms with Crippen molar-refractivity contribution in [2.45, 2.75) is 44.0 Å². The average molecular weight is 384 g/mol. The molecule has 25 heavy (non-hydrogen) atoms. The molecule has 0 aliphatic carbocycles. The number of carbonyl (C=O) groups is 1. The molecule has 0 radical (unpaired) electrons. The van der Waals surface area contributed by atoms with Crippen LogP contribution in [0, 0.1) is 5.92 Å². The minimum absolute atomic E-state index is 0.0657. The molecule has 0 aromatic carbocycles. The van der Waals surface area contributed by atoms with Gasteiger partial charge >= 0.3 is 0 Å². The zero-order valence-corrected chi connectivity index (χ0v) is 17.0. The van der Waals surface area contributed by atoms with Crippen LogP contribution < -0.4 is 10.6 Å². The molecule has 1 unspecified atom stereocenters. The zero-order chi connectivity index (χ0) is 18.1. The van der Waals surface area contributed by atoms with E-state index >= 15 is 0 Å². The summed E-state index contributed by atoms with van der Waals surface area (Å²) in [5.74, 6) is 2.18. The lowest BCUT2D eigenvalue weighted by atomic mass is 10.2. The van der Waals surface area contributed by atoms with Crippen LogP contribution in [0.2, 0.25) is 0 Å². The van der Waals surface area contributed by atoms with Crippen LogP contribution in [-0.2, 0) is 4.79 Å². The number of nitrogens with one attached hydrogen (secondary N) is 2. The van der Waals surface area contributed by atoms with E-state index in [1.165, 1.54) is 0 Å². The minimum Gasteiger partial charge on any atom is -0.357 e. The summed E-state index contributed by atoms with van der Waals surface area (Å²) >= 11 is 3.46. The van der Waals surface area contributed by atoms with Gasteiger partial charge < -0.3 is 15.5 Å². The van der Waals surface area contributed by atoms with Gasteiger partial charge in [-0.05, 0) is 19.8 Å². The molecule has 6 nitrogen and oxygen atoms in total. The third kappa shape index (κ3) is 6.86. The van der Waals surface area contributed by atoms with Gasteiger partial charge in [-0.2, -0.15) is 0 Å². The Bertz CT molecular complexity index is 547. The van der Waals surface area contributed by atoms with Gasteiger partial charge in [-0.1, -0.05) is 25.6 Å². The summed E-state index contributed by atoms with van der Waals surface area (Å²) in [6, 6.07) is 0.283. The fraction of sp³-hybridized carbons (Fsp3) is 0.706. The van der Waals surface area contributed by atoms with E-state index in [0.29, 0.717) is 0 Å². The second kappa shape index (κ2) is 10.7. The molecule has 1 aromatic heterocycles. The second-order valence-corrected chi connectivity index (χ2v) is 8.57. The summed E-state index contributed by atoms with van der Waals surface area (Å²) in [4.78, 5) is 23.0. The van der Waals surface area contributed by atoms with Crippen molar-refractivity contribution in [2.24, 2.45) is 10.9 Å². The van der Waals surface area contributed by atoms with Gasteiger partial charge in [0, 0.05) is 55.5 Å². The zero-order valence-electron chi connectivity index (χ0n) is 15.3. The molecule has 1 amide bonds. The first-order valence-corrected chi connectivity index (χ1v) is 10.8. The Hall–Kier alpha value is -1.28. The fourth-order valence-electron chi connectivity index (χ4n) is 2.65. The number of nitrogens with zero attached hydrogens (tertiary/aromatic N) is 3. The third-order valence-electron chi connectivity index (χ3n) is 3.89. The topological polar surface area (TPSA) is 69.6 Å². The standard InChI is InChI=1S/C17H29N5OS2/c1-4-18-16(19-7-5-10-24-17-20-8-11-25-17)21-14-6-9-22(12-14)15(23)13(2)3/h8,11,13-14H,4-7,9-10,12H2,1-3H3,(H2,18,19,21). The number of amides is 1. The highest BCUT2D eigenvalue weighted by atomic mass is 32.2. The van der Waals surface area contributed by atoms with Crippen molar-refractivity contribution in [3.63, 3.8) is 0 Å². The molecule has 2 N–H and O–H groups in total. The Morgan fingerprint density at radius 1 is 1.56 bits per heavy atom. The van der Waals surface area contributed by atoms with E-state index in [2.05, 4.69) is 27.5 Å². The molecule has 2 heterocycles. The van der Waals surface area contributed by atoms with Crippen LogP contribution in [0.4, 0.5) is 0 Å². The van der Waals surface area contributed by atoms with Gasteiger partial charge in [-0.25, -0.2) is 4.98 Å². The first-order chi connectivity index (χ1) is 12.1. The van der Waals surface area contributed by atoms with Crippen molar-refractivity contribution in [3.8, 4) is 0 Å². The van der Waals surface area contributed by atoms with Crippen molar-refractivity contribution in [1.29, 1.82) is 0 Å². The summed E-state index contributed by atoms with van der Waals surface area (Å²) in [6.45, 7) is 9.20. The first kappa shape index (κ1) is 20.0. The number of aliphatic imine (C=N–C) groups is 1. The van der Waals surface area contributed by atoms with E-state index in [9.17, 15) is 4.79 Å². The Morgan fingerprint density at radius 3 is 3.08 bits per heavy atom. The van der Waals surface area contributed by atoms with Crippen molar-refractivity contribution >= 4 is 35.0 Å². The molecule has 0 spiro atoms. The Balaban J connectivity index is 1.73. The van der Waals surface area contributed by atoms with Crippen molar-refractivity contribution in [1.82, 2.24) is 20.5 Å². The number of likely N-dealkylation sites (tertiary alicyclic amines) is 1. The molecule has 0 bridgehead atoms. The molecular weight excluding hydrogens is 354 g/mol. The maximum absolute atomic E-state index is 12.1. The molecule has 2 rings (SSSR count). The third-order valence-corrected chi connectivity index (χ3v) is 5.94. The van der Waals surface area contributed by atoms with Crippen LogP contribution in [0.15, 0.2) is 20.9 Å². The number of rotatable bonds is 8. The van der Waals surface area contributed by atoms with Crippen molar-refractivity contribution in [2.75, 3.05) is 31.9 Å². The summed E-state index contributed by atoms with van der Waals surface area (Å²) < 4.78 is 1.12. The van der Waals surface area contributed by atoms with E-state index in [4.69, 9.17) is 0 Å². The summed E-state index contributed by atoms with van der Waals surface area (Å²) in [5.41, 5.74) is 0. The average Bonchev–Trinajstić information content (AvgIpc) is 3.25. The fourth-order valence-corrected chi connectivity index (χ4v) is 4.29. The number of carbonyl (C=O) groups excluding carboxylic acids is 1. The number of thiazole rings is 1. The van der Waals surface area contributed by atoms with Crippen LogP contribution >= 0.6 is 23.1 Å². The summed E-state index contributed by atoms with van der Waals surface area (Å²) in [5, 5.41) is 8.77. The molecule has 140 valence electrons. The van der Waals surface area contributed by atoms with E-state index in [1.54, 1.807) is 23.1 Å². The highest BCUT2D eigenvalue weighted by Gasteiger charge is 2.27. The highest BCUT2D eigenvalue weighted by molar-refractivity contribution is 8.00. The molecule has 1 aromatic rings. The number of hydrogen-bond acceptors (Lipinski definition) is 5. The minimum atomic E-state index is 0.0657. The predicted molar refractivity (Wildman–Crippen MR) is 106 cm³/mol. The molecule has 1 fully saturated rings. The molecule has 1 atom stereocenters. The number of hydrogen-bond donors (Lipinski definition) is 2. The van der Waals surface area contributed by atoms with Crippen LogP contribution in [0.25, 0.3) is 0 Å². The Kier molecular flexibility index (Phi) is 8.54. The molecular formula is C17H29N5OS2. The van der Waals surface area contributed by atoms with Gasteiger partial charge in [-0.15, -0.1) is 11.3 Å². The monoisotopic (exact) mass is 383 g/mol. The predicted octanol–water partition coefficient (Wildman–Crippen LogP) is 2.44. The maximum atomic E-state index is 12.1. The quantitative estimate of drug-likeness (QED) is 0.312. The summed E-state index contributed by atoms with van der Waals surface area (Å²) in [7, 11) is 0. The SMILES string of the molecule is CCNC(=NCCCSc1nccs1)NC1CCN(C(=O)C(C)C)C1. The van der Waals surface area contributed by atoms with Crippen LogP contribution in [-0.4, -0.2) is 59.7 Å². The van der Waals surface area contributed by atoms with Crippen LogP contribution in [0.3, 0.4) is 0 Å². The smallest absolute Gasteiger partial charge is 0.225 e. The van der Waals surface area contributed by atoms with Gasteiger partial charge in [0.05, 0.1) is 0 Å². The lowest BCUT2D eigenvalue weighted by Gasteiger charge is -2.20. The number of thioether (sulfide) groups is 1. The van der Waals surface area contributed by atoms with Crippen LogP contribution in [0.1, 0.15) is 33.6 Å². The lowest BCUT2D eigenvalue weighted by molar-refractivity contribution is -0.133. The van der Waals surface area contributed by atoms with E-state index in [-0.39, 0.29) is 17.9 Å². The molecule has 8 heteroatoms. The van der Waals surface area contributed by atoms with Gasteiger partial charge in [0.15, 0.2) is 5.96 Å². The highest BCUT2D eigenvalue weighted by Crippen LogP contribution is 2.20. The largest absolute Gasteiger partial charge is 0.357 e. The Morgan fingerprint density at radius 2 is 2.40 bits per heavy atom. The van der Waals surface area contributed by atoms with Gasteiger partial charge in [0.1, 0.15) is 4.34 Å². The van der Waals surface area contributed by atoms with E-state index in [0.717, 1.165) is 55.1 Å².